The normalized spacial score (nSPS) is 10.3. The molecule has 2 aromatic rings. The van der Waals surface area contributed by atoms with Crippen LogP contribution in [-0.4, -0.2) is 0 Å². The summed E-state index contributed by atoms with van der Waals surface area (Å²) in [4.78, 5) is -0.206. The van der Waals surface area contributed by atoms with E-state index in [9.17, 15) is 13.2 Å². The molecule has 0 radical (unpaired) electrons. The van der Waals surface area contributed by atoms with Gasteiger partial charge in [0.05, 0.1) is 16.5 Å². The summed E-state index contributed by atoms with van der Waals surface area (Å²) in [5.74, 6) is -2.08. The largest absolute Gasteiger partial charge is 0.399 e. The molecule has 0 fully saturated rings. The zero-order valence-corrected chi connectivity index (χ0v) is 11.0. The second kappa shape index (κ2) is 5.88. The van der Waals surface area contributed by atoms with Crippen molar-refractivity contribution in [2.24, 2.45) is 0 Å². The first kappa shape index (κ1) is 14.3. The van der Waals surface area contributed by atoms with Gasteiger partial charge >= 0.3 is 0 Å². The van der Waals surface area contributed by atoms with Crippen LogP contribution in [0.2, 0.25) is 0 Å². The number of hydrogen-bond donors (Lipinski definition) is 1. The molecule has 0 bridgehead atoms. The monoisotopic (exact) mass is 294 g/mol. The van der Waals surface area contributed by atoms with Crippen LogP contribution in [0.3, 0.4) is 0 Å². The number of benzene rings is 2. The summed E-state index contributed by atoms with van der Waals surface area (Å²) in [5, 5.41) is 8.63. The maximum Gasteiger partial charge on any atom is 0.141 e. The van der Waals surface area contributed by atoms with Crippen LogP contribution in [0.25, 0.3) is 0 Å². The highest BCUT2D eigenvalue weighted by Gasteiger charge is 2.12. The Kier molecular flexibility index (Phi) is 4.20. The van der Waals surface area contributed by atoms with Gasteiger partial charge in [-0.1, -0.05) is 6.07 Å². The molecule has 0 saturated carbocycles. The lowest BCUT2D eigenvalue weighted by Gasteiger charge is -2.07. The van der Waals surface area contributed by atoms with Crippen molar-refractivity contribution in [2.75, 3.05) is 5.73 Å². The lowest BCUT2D eigenvalue weighted by atomic mass is 10.1. The van der Waals surface area contributed by atoms with Crippen LogP contribution in [0.4, 0.5) is 18.9 Å². The standard InChI is InChI=1S/C14H9F3N2S/c15-11-3-8(6-18)1-2-9(11)7-20-14-12(16)4-10(19)5-13(14)17/h1-5H,7,19H2. The molecule has 102 valence electrons. The van der Waals surface area contributed by atoms with Crippen molar-refractivity contribution in [2.45, 2.75) is 10.6 Å². The van der Waals surface area contributed by atoms with Gasteiger partial charge in [0.2, 0.25) is 0 Å². The van der Waals surface area contributed by atoms with E-state index in [1.807, 2.05) is 6.07 Å². The number of nitrogens with two attached hydrogens (primary N) is 1. The van der Waals surface area contributed by atoms with Gasteiger partial charge in [0, 0.05) is 11.4 Å². The van der Waals surface area contributed by atoms with Crippen LogP contribution in [0.5, 0.6) is 0 Å². The van der Waals surface area contributed by atoms with E-state index in [2.05, 4.69) is 0 Å². The van der Waals surface area contributed by atoms with Crippen molar-refractivity contribution in [3.8, 4) is 6.07 Å². The molecule has 0 aliphatic heterocycles. The molecule has 2 rings (SSSR count). The highest BCUT2D eigenvalue weighted by Crippen LogP contribution is 2.30. The molecule has 20 heavy (non-hydrogen) atoms. The summed E-state index contributed by atoms with van der Waals surface area (Å²) >= 11 is 0.835. The predicted octanol–water partition coefficient (Wildman–Crippen LogP) is 3.85. The Balaban J connectivity index is 2.20. The van der Waals surface area contributed by atoms with E-state index >= 15 is 0 Å². The maximum atomic E-state index is 13.6. The molecule has 0 atom stereocenters. The third-order valence-electron chi connectivity index (χ3n) is 2.57. The average molecular weight is 294 g/mol. The van der Waals surface area contributed by atoms with Crippen LogP contribution in [0, 0.1) is 28.8 Å². The molecule has 0 amide bonds. The molecular weight excluding hydrogens is 285 g/mol. The lowest BCUT2D eigenvalue weighted by Crippen LogP contribution is -1.95. The summed E-state index contributed by atoms with van der Waals surface area (Å²) in [7, 11) is 0. The molecule has 2 nitrogen and oxygen atoms in total. The Hall–Kier alpha value is -2.13. The van der Waals surface area contributed by atoms with Crippen molar-refractivity contribution >= 4 is 17.4 Å². The van der Waals surface area contributed by atoms with Gasteiger partial charge in [0.15, 0.2) is 0 Å². The molecule has 0 spiro atoms. The van der Waals surface area contributed by atoms with E-state index in [0.717, 1.165) is 30.0 Å². The fraction of sp³-hybridized carbons (Fsp3) is 0.0714. The van der Waals surface area contributed by atoms with E-state index in [1.54, 1.807) is 0 Å². The SMILES string of the molecule is N#Cc1ccc(CSc2c(F)cc(N)cc2F)c(F)c1. The van der Waals surface area contributed by atoms with E-state index < -0.39 is 17.5 Å². The van der Waals surface area contributed by atoms with E-state index in [0.29, 0.717) is 0 Å². The molecule has 0 heterocycles. The molecular formula is C14H9F3N2S. The minimum absolute atomic E-state index is 0.00564. The van der Waals surface area contributed by atoms with Crippen molar-refractivity contribution in [3.05, 3.63) is 58.9 Å². The Morgan fingerprint density at radius 3 is 2.25 bits per heavy atom. The second-order valence-corrected chi connectivity index (χ2v) is 5.01. The quantitative estimate of drug-likeness (QED) is 0.691. The molecule has 6 heteroatoms. The summed E-state index contributed by atoms with van der Waals surface area (Å²) in [6, 6.07) is 7.81. The smallest absolute Gasteiger partial charge is 0.141 e. The van der Waals surface area contributed by atoms with Gasteiger partial charge in [-0.3, -0.25) is 0 Å². The van der Waals surface area contributed by atoms with Crippen molar-refractivity contribution < 1.29 is 13.2 Å². The first-order valence-corrected chi connectivity index (χ1v) is 6.55. The summed E-state index contributed by atoms with van der Waals surface area (Å²) in [5.41, 5.74) is 5.77. The highest BCUT2D eigenvalue weighted by molar-refractivity contribution is 7.98. The van der Waals surface area contributed by atoms with Crippen LogP contribution < -0.4 is 5.73 Å². The van der Waals surface area contributed by atoms with Gasteiger partial charge in [0.25, 0.3) is 0 Å². The maximum absolute atomic E-state index is 13.6. The third kappa shape index (κ3) is 3.06. The summed E-state index contributed by atoms with van der Waals surface area (Å²) in [6.45, 7) is 0. The molecule has 0 aromatic heterocycles. The van der Waals surface area contributed by atoms with Crippen LogP contribution >= 0.6 is 11.8 Å². The highest BCUT2D eigenvalue weighted by atomic mass is 32.2. The van der Waals surface area contributed by atoms with Gasteiger partial charge in [-0.05, 0) is 29.8 Å². The number of rotatable bonds is 3. The van der Waals surface area contributed by atoms with Crippen molar-refractivity contribution in [1.29, 1.82) is 5.26 Å². The fourth-order valence-electron chi connectivity index (χ4n) is 1.60. The van der Waals surface area contributed by atoms with Gasteiger partial charge in [0.1, 0.15) is 17.5 Å². The zero-order valence-electron chi connectivity index (χ0n) is 10.2. The number of nitriles is 1. The van der Waals surface area contributed by atoms with Gasteiger partial charge < -0.3 is 5.73 Å². The topological polar surface area (TPSA) is 49.8 Å². The summed E-state index contributed by atoms with van der Waals surface area (Å²) in [6.07, 6.45) is 0. The molecule has 0 saturated heterocycles. The Labute approximate surface area is 118 Å². The van der Waals surface area contributed by atoms with E-state index in [4.69, 9.17) is 11.0 Å². The second-order valence-electron chi connectivity index (χ2n) is 4.02. The number of halogens is 3. The Morgan fingerprint density at radius 2 is 1.70 bits per heavy atom. The number of nitrogen functional groups attached to an aromatic ring is 1. The minimum atomic E-state index is -0.776. The van der Waals surface area contributed by atoms with Gasteiger partial charge in [-0.15, -0.1) is 11.8 Å². The average Bonchev–Trinajstić information content (AvgIpc) is 2.39. The Morgan fingerprint density at radius 1 is 1.05 bits per heavy atom. The molecule has 0 unspecified atom stereocenters. The van der Waals surface area contributed by atoms with Crippen molar-refractivity contribution in [1.82, 2.24) is 0 Å². The summed E-state index contributed by atoms with van der Waals surface area (Å²) < 4.78 is 40.7. The molecule has 2 aromatic carbocycles. The molecule has 0 aliphatic rings. The zero-order chi connectivity index (χ0) is 14.7. The van der Waals surface area contributed by atoms with E-state index in [1.165, 1.54) is 12.1 Å². The first-order valence-electron chi connectivity index (χ1n) is 5.57. The minimum Gasteiger partial charge on any atom is -0.399 e. The first-order chi connectivity index (χ1) is 9.51. The Bertz CT molecular complexity index is 672. The van der Waals surface area contributed by atoms with Crippen LogP contribution in [-0.2, 0) is 5.75 Å². The fourth-order valence-corrected chi connectivity index (χ4v) is 2.53. The van der Waals surface area contributed by atoms with Crippen molar-refractivity contribution in [3.63, 3.8) is 0 Å². The predicted molar refractivity (Wildman–Crippen MR) is 71.4 cm³/mol. The molecule has 2 N–H and O–H groups in total. The van der Waals surface area contributed by atoms with E-state index in [-0.39, 0.29) is 27.5 Å². The molecule has 0 aliphatic carbocycles. The number of nitrogens with zero attached hydrogens (tertiary/aromatic N) is 1. The van der Waals surface area contributed by atoms with Crippen LogP contribution in [0.15, 0.2) is 35.2 Å². The van der Waals surface area contributed by atoms with Gasteiger partial charge in [-0.25, -0.2) is 13.2 Å². The van der Waals surface area contributed by atoms with Crippen LogP contribution in [0.1, 0.15) is 11.1 Å². The van der Waals surface area contributed by atoms with Gasteiger partial charge in [-0.2, -0.15) is 5.26 Å². The lowest BCUT2D eigenvalue weighted by molar-refractivity contribution is 0.541. The number of anilines is 1. The third-order valence-corrected chi connectivity index (χ3v) is 3.71. The number of hydrogen-bond acceptors (Lipinski definition) is 3. The number of thioether (sulfide) groups is 1.